The molecule has 0 fully saturated rings. The number of amides is 1. The highest BCUT2D eigenvalue weighted by molar-refractivity contribution is 6.30. The molecule has 0 aliphatic heterocycles. The quantitative estimate of drug-likeness (QED) is 0.904. The van der Waals surface area contributed by atoms with Gasteiger partial charge in [-0.25, -0.2) is 13.8 Å². The fraction of sp³-hybridized carbons (Fsp3) is 0.214. The Hall–Kier alpha value is -2.48. The lowest BCUT2D eigenvalue weighted by Gasteiger charge is -2.09. The number of hydrogen-bond acceptors (Lipinski definition) is 4. The van der Waals surface area contributed by atoms with Crippen molar-refractivity contribution in [1.82, 2.24) is 9.55 Å². The molecule has 0 atom stereocenters. The van der Waals surface area contributed by atoms with Gasteiger partial charge in [-0.15, -0.1) is 0 Å². The Bertz CT molecular complexity index is 754. The van der Waals surface area contributed by atoms with E-state index in [1.54, 1.807) is 0 Å². The number of rotatable bonds is 5. The average molecular weight is 344 g/mol. The number of hydrogen-bond donors (Lipinski definition) is 1. The molecule has 0 saturated heterocycles. The van der Waals surface area contributed by atoms with Gasteiger partial charge in [0.15, 0.2) is 6.61 Å². The molecule has 0 aromatic carbocycles. The van der Waals surface area contributed by atoms with Crippen molar-refractivity contribution in [2.75, 3.05) is 11.9 Å². The second-order valence-electron chi connectivity index (χ2n) is 4.53. The predicted molar refractivity (Wildman–Crippen MR) is 80.4 cm³/mol. The van der Waals surface area contributed by atoms with Crippen molar-refractivity contribution in [3.63, 3.8) is 0 Å². The summed E-state index contributed by atoms with van der Waals surface area (Å²) in [6.45, 7) is -0.811. The van der Waals surface area contributed by atoms with Crippen LogP contribution in [0.2, 0.25) is 5.02 Å². The number of carbonyl (C=O) groups excluding carboxylic acids is 1. The fourth-order valence-corrected chi connectivity index (χ4v) is 1.97. The van der Waals surface area contributed by atoms with Crippen molar-refractivity contribution in [2.24, 2.45) is 7.05 Å². The lowest BCUT2D eigenvalue weighted by Crippen LogP contribution is -2.19. The summed E-state index contributed by atoms with van der Waals surface area (Å²) in [7, 11) is 1.49. The number of anilines is 1. The van der Waals surface area contributed by atoms with Gasteiger partial charge in [0.2, 0.25) is 5.88 Å². The first-order valence-corrected chi connectivity index (χ1v) is 6.79. The number of pyridine rings is 2. The van der Waals surface area contributed by atoms with Gasteiger partial charge in [-0.1, -0.05) is 11.6 Å². The van der Waals surface area contributed by atoms with Crippen LogP contribution in [0, 0.1) is 0 Å². The van der Waals surface area contributed by atoms with Gasteiger partial charge in [0.1, 0.15) is 5.02 Å². The molecule has 23 heavy (non-hydrogen) atoms. The Balaban J connectivity index is 2.15. The molecule has 2 aromatic heterocycles. The molecule has 1 amide bonds. The molecule has 0 saturated carbocycles. The molecule has 2 heterocycles. The van der Waals surface area contributed by atoms with Gasteiger partial charge >= 0.3 is 0 Å². The molecule has 9 heteroatoms. The van der Waals surface area contributed by atoms with Crippen LogP contribution in [-0.2, 0) is 7.05 Å². The Morgan fingerprint density at radius 2 is 2.22 bits per heavy atom. The second kappa shape index (κ2) is 7.19. The maximum atomic E-state index is 12.1. The summed E-state index contributed by atoms with van der Waals surface area (Å²) in [4.78, 5) is 27.4. The Morgan fingerprint density at radius 1 is 1.48 bits per heavy atom. The third kappa shape index (κ3) is 4.49. The van der Waals surface area contributed by atoms with Gasteiger partial charge in [-0.05, 0) is 12.1 Å². The number of alkyl halides is 2. The van der Waals surface area contributed by atoms with Crippen LogP contribution in [-0.4, -0.2) is 28.5 Å². The predicted octanol–water partition coefficient (Wildman–Crippen LogP) is 2.33. The molecule has 0 radical (unpaired) electrons. The van der Waals surface area contributed by atoms with Crippen molar-refractivity contribution >= 4 is 23.2 Å². The number of nitrogens with one attached hydrogen (secondary N) is 1. The smallest absolute Gasteiger partial charge is 0.272 e. The average Bonchev–Trinajstić information content (AvgIpc) is 2.50. The van der Waals surface area contributed by atoms with Crippen molar-refractivity contribution < 1.29 is 18.3 Å². The summed E-state index contributed by atoms with van der Waals surface area (Å²) in [5, 5.41) is 2.50. The van der Waals surface area contributed by atoms with Gasteiger partial charge in [-0.3, -0.25) is 9.59 Å². The maximum absolute atomic E-state index is 12.1. The molecular weight excluding hydrogens is 332 g/mol. The molecule has 2 rings (SSSR count). The van der Waals surface area contributed by atoms with Crippen LogP contribution in [0.15, 0.2) is 35.4 Å². The van der Waals surface area contributed by atoms with E-state index < -0.39 is 24.5 Å². The van der Waals surface area contributed by atoms with E-state index in [4.69, 9.17) is 16.3 Å². The zero-order valence-electron chi connectivity index (χ0n) is 11.9. The lowest BCUT2D eigenvalue weighted by atomic mass is 10.2. The summed E-state index contributed by atoms with van der Waals surface area (Å²) < 4.78 is 30.2. The lowest BCUT2D eigenvalue weighted by molar-refractivity contribution is 0.0795. The van der Waals surface area contributed by atoms with Gasteiger partial charge in [-0.2, -0.15) is 0 Å². The van der Waals surface area contributed by atoms with Crippen molar-refractivity contribution in [2.45, 2.75) is 6.43 Å². The zero-order chi connectivity index (χ0) is 17.0. The van der Waals surface area contributed by atoms with Crippen molar-refractivity contribution in [3.05, 3.63) is 51.5 Å². The molecule has 1 N–H and O–H groups in total. The summed E-state index contributed by atoms with van der Waals surface area (Å²) >= 11 is 5.76. The third-order valence-corrected chi connectivity index (χ3v) is 3.02. The zero-order valence-corrected chi connectivity index (χ0v) is 12.7. The number of aryl methyl sites for hydroxylation is 1. The Kier molecular flexibility index (Phi) is 5.28. The van der Waals surface area contributed by atoms with E-state index in [0.29, 0.717) is 5.69 Å². The number of nitrogens with zero attached hydrogens (tertiary/aromatic N) is 2. The van der Waals surface area contributed by atoms with E-state index in [0.717, 1.165) is 0 Å². The van der Waals surface area contributed by atoms with E-state index in [9.17, 15) is 18.4 Å². The van der Waals surface area contributed by atoms with E-state index in [1.165, 1.54) is 42.2 Å². The number of aromatic nitrogens is 2. The maximum Gasteiger partial charge on any atom is 0.272 e. The molecule has 0 bridgehead atoms. The molecule has 0 aliphatic rings. The van der Waals surface area contributed by atoms with Crippen LogP contribution in [0.3, 0.4) is 0 Å². The van der Waals surface area contributed by atoms with Gasteiger partial charge < -0.3 is 14.6 Å². The second-order valence-corrected chi connectivity index (χ2v) is 4.94. The normalized spacial score (nSPS) is 10.7. The van der Waals surface area contributed by atoms with E-state index in [1.807, 2.05) is 0 Å². The molecular formula is C14H12ClF2N3O3. The molecule has 122 valence electrons. The van der Waals surface area contributed by atoms with Crippen LogP contribution in [0.25, 0.3) is 0 Å². The Morgan fingerprint density at radius 3 is 2.87 bits per heavy atom. The first kappa shape index (κ1) is 16.9. The summed E-state index contributed by atoms with van der Waals surface area (Å²) in [6.07, 6.45) is 0.0346. The van der Waals surface area contributed by atoms with Crippen LogP contribution in [0.5, 0.6) is 5.88 Å². The van der Waals surface area contributed by atoms with E-state index in [-0.39, 0.29) is 16.5 Å². The van der Waals surface area contributed by atoms with E-state index >= 15 is 0 Å². The highest BCUT2D eigenvalue weighted by Crippen LogP contribution is 2.15. The number of carbonyl (C=O) groups is 1. The first-order valence-electron chi connectivity index (χ1n) is 6.41. The van der Waals surface area contributed by atoms with Crippen LogP contribution in [0.4, 0.5) is 14.5 Å². The molecule has 0 unspecified atom stereocenters. The summed E-state index contributed by atoms with van der Waals surface area (Å²) in [6, 6.07) is 3.95. The molecule has 0 spiro atoms. The van der Waals surface area contributed by atoms with Crippen LogP contribution >= 0.6 is 11.6 Å². The van der Waals surface area contributed by atoms with E-state index in [2.05, 4.69) is 10.3 Å². The highest BCUT2D eigenvalue weighted by Gasteiger charge is 2.11. The minimum Gasteiger partial charge on any atom is -0.472 e. The minimum atomic E-state index is -2.64. The fourth-order valence-electron chi connectivity index (χ4n) is 1.72. The largest absolute Gasteiger partial charge is 0.472 e. The van der Waals surface area contributed by atoms with Crippen molar-refractivity contribution in [3.8, 4) is 5.88 Å². The van der Waals surface area contributed by atoms with Gasteiger partial charge in [0, 0.05) is 31.1 Å². The van der Waals surface area contributed by atoms with Gasteiger partial charge in [0.05, 0.1) is 5.69 Å². The SMILES string of the molecule is Cn1cc(NC(=O)c2ccnc(OCC(F)F)c2)cc(Cl)c1=O. The van der Waals surface area contributed by atoms with Crippen LogP contribution in [0.1, 0.15) is 10.4 Å². The first-order chi connectivity index (χ1) is 10.9. The molecule has 2 aromatic rings. The Labute approximate surface area is 134 Å². The van der Waals surface area contributed by atoms with Crippen LogP contribution < -0.4 is 15.6 Å². The minimum absolute atomic E-state index is 0.0408. The topological polar surface area (TPSA) is 73.2 Å². The standard InChI is InChI=1S/C14H12ClF2N3O3/c1-20-6-9(5-10(15)14(20)22)19-13(21)8-2-3-18-12(4-8)23-7-11(16)17/h2-6,11H,7H2,1H3,(H,19,21). The molecule has 0 aliphatic carbocycles. The summed E-state index contributed by atoms with van der Waals surface area (Å²) in [5.41, 5.74) is 0.0828. The number of halogens is 3. The summed E-state index contributed by atoms with van der Waals surface area (Å²) in [5.74, 6) is -0.611. The number of ether oxygens (including phenoxy) is 1. The molecule has 6 nitrogen and oxygen atoms in total. The highest BCUT2D eigenvalue weighted by atomic mass is 35.5. The third-order valence-electron chi connectivity index (χ3n) is 2.75. The van der Waals surface area contributed by atoms with Gasteiger partial charge in [0.25, 0.3) is 17.9 Å². The monoisotopic (exact) mass is 343 g/mol. The van der Waals surface area contributed by atoms with Crippen molar-refractivity contribution in [1.29, 1.82) is 0 Å².